The highest BCUT2D eigenvalue weighted by Crippen LogP contribution is 2.34. The first kappa shape index (κ1) is 13.4. The van der Waals surface area contributed by atoms with Crippen LogP contribution in [0.2, 0.25) is 0 Å². The van der Waals surface area contributed by atoms with Crippen molar-refractivity contribution in [2.75, 3.05) is 12.8 Å². The summed E-state index contributed by atoms with van der Waals surface area (Å²) in [4.78, 5) is 12.5. The Kier molecular flexibility index (Phi) is 4.06. The van der Waals surface area contributed by atoms with E-state index in [1.54, 1.807) is 36.4 Å². The van der Waals surface area contributed by atoms with Crippen LogP contribution in [0.5, 0.6) is 0 Å². The zero-order valence-electron chi connectivity index (χ0n) is 10.2. The van der Waals surface area contributed by atoms with Crippen LogP contribution in [-0.4, -0.2) is 13.1 Å². The fraction of sp³-hybridized carbons (Fsp3) is 0.0714. The fourth-order valence-corrected chi connectivity index (χ4v) is 2.43. The van der Waals surface area contributed by atoms with E-state index in [0.717, 1.165) is 0 Å². The normalized spacial score (nSPS) is 10.2. The van der Waals surface area contributed by atoms with Gasteiger partial charge in [0.05, 0.1) is 12.7 Å². The molecule has 5 heteroatoms. The molecule has 2 aromatic carbocycles. The van der Waals surface area contributed by atoms with Crippen LogP contribution in [0.3, 0.4) is 0 Å². The van der Waals surface area contributed by atoms with Crippen LogP contribution in [0.4, 0.5) is 10.1 Å². The third-order valence-electron chi connectivity index (χ3n) is 2.49. The van der Waals surface area contributed by atoms with Crippen LogP contribution >= 0.6 is 11.8 Å². The minimum Gasteiger partial charge on any atom is -0.465 e. The van der Waals surface area contributed by atoms with Crippen molar-refractivity contribution in [2.24, 2.45) is 0 Å². The van der Waals surface area contributed by atoms with Crippen LogP contribution < -0.4 is 5.73 Å². The summed E-state index contributed by atoms with van der Waals surface area (Å²) in [5.74, 6) is -0.772. The highest BCUT2D eigenvalue weighted by Gasteiger charge is 2.11. The zero-order chi connectivity index (χ0) is 13.8. The predicted octanol–water partition coefficient (Wildman–Crippen LogP) is 3.35. The number of anilines is 1. The predicted molar refractivity (Wildman–Crippen MR) is 72.7 cm³/mol. The van der Waals surface area contributed by atoms with Crippen LogP contribution in [0.25, 0.3) is 0 Å². The van der Waals surface area contributed by atoms with Gasteiger partial charge >= 0.3 is 5.97 Å². The smallest absolute Gasteiger partial charge is 0.337 e. The van der Waals surface area contributed by atoms with Gasteiger partial charge in [-0.05, 0) is 30.3 Å². The molecule has 0 unspecified atom stereocenters. The maximum atomic E-state index is 13.6. The number of benzene rings is 2. The molecule has 2 aromatic rings. The molecular formula is C14H12FNO2S. The lowest BCUT2D eigenvalue weighted by Crippen LogP contribution is -2.02. The number of hydrogen-bond acceptors (Lipinski definition) is 4. The van der Waals surface area contributed by atoms with Gasteiger partial charge < -0.3 is 10.5 Å². The van der Waals surface area contributed by atoms with E-state index in [0.29, 0.717) is 21.0 Å². The second kappa shape index (κ2) is 5.75. The van der Waals surface area contributed by atoms with Crippen LogP contribution in [-0.2, 0) is 4.74 Å². The molecule has 0 saturated heterocycles. The number of rotatable bonds is 3. The molecule has 19 heavy (non-hydrogen) atoms. The minimum atomic E-state index is -0.449. The van der Waals surface area contributed by atoms with Gasteiger partial charge in [0, 0.05) is 15.5 Å². The maximum Gasteiger partial charge on any atom is 0.337 e. The van der Waals surface area contributed by atoms with Crippen molar-refractivity contribution >= 4 is 23.4 Å². The van der Waals surface area contributed by atoms with Gasteiger partial charge in [0.2, 0.25) is 0 Å². The van der Waals surface area contributed by atoms with Gasteiger partial charge in [-0.25, -0.2) is 9.18 Å². The molecule has 3 nitrogen and oxygen atoms in total. The summed E-state index contributed by atoms with van der Waals surface area (Å²) in [5, 5.41) is 0. The summed E-state index contributed by atoms with van der Waals surface area (Å²) in [6, 6.07) is 11.2. The van der Waals surface area contributed by atoms with Crippen LogP contribution in [0, 0.1) is 5.82 Å². The van der Waals surface area contributed by atoms with Gasteiger partial charge in [-0.3, -0.25) is 0 Å². The SMILES string of the molecule is COC(=O)c1ccc(N)c(Sc2ccccc2F)c1. The first-order valence-corrected chi connectivity index (χ1v) is 6.33. The summed E-state index contributed by atoms with van der Waals surface area (Å²) in [6.07, 6.45) is 0. The number of nitrogens with two attached hydrogens (primary N) is 1. The molecule has 0 saturated carbocycles. The molecule has 0 aliphatic rings. The Morgan fingerprint density at radius 1 is 1.21 bits per heavy atom. The van der Waals surface area contributed by atoms with Crippen molar-refractivity contribution in [2.45, 2.75) is 9.79 Å². The highest BCUT2D eigenvalue weighted by molar-refractivity contribution is 7.99. The lowest BCUT2D eigenvalue weighted by molar-refractivity contribution is 0.0600. The third-order valence-corrected chi connectivity index (χ3v) is 3.62. The number of methoxy groups -OCH3 is 1. The summed E-state index contributed by atoms with van der Waals surface area (Å²) in [7, 11) is 1.31. The molecule has 2 rings (SSSR count). The number of carbonyl (C=O) groups is 1. The van der Waals surface area contributed by atoms with Gasteiger partial charge in [0.1, 0.15) is 5.82 Å². The monoisotopic (exact) mass is 277 g/mol. The molecule has 0 heterocycles. The van der Waals surface area contributed by atoms with E-state index in [2.05, 4.69) is 4.74 Å². The van der Waals surface area contributed by atoms with Crippen molar-refractivity contribution in [1.29, 1.82) is 0 Å². The summed E-state index contributed by atoms with van der Waals surface area (Å²) >= 11 is 1.18. The van der Waals surface area contributed by atoms with Gasteiger partial charge in [-0.15, -0.1) is 0 Å². The molecule has 0 aliphatic heterocycles. The first-order chi connectivity index (χ1) is 9.11. The number of esters is 1. The fourth-order valence-electron chi connectivity index (χ4n) is 1.51. The summed E-state index contributed by atoms with van der Waals surface area (Å²) in [5.41, 5.74) is 6.71. The van der Waals surface area contributed by atoms with Crippen molar-refractivity contribution in [1.82, 2.24) is 0 Å². The van der Waals surface area contributed by atoms with E-state index in [9.17, 15) is 9.18 Å². The van der Waals surface area contributed by atoms with Crippen LogP contribution in [0.1, 0.15) is 10.4 Å². The van der Waals surface area contributed by atoms with Gasteiger partial charge in [-0.2, -0.15) is 0 Å². The van der Waals surface area contributed by atoms with Crippen LogP contribution in [0.15, 0.2) is 52.3 Å². The third kappa shape index (κ3) is 3.06. The number of ether oxygens (including phenoxy) is 1. The Morgan fingerprint density at radius 3 is 2.63 bits per heavy atom. The van der Waals surface area contributed by atoms with Gasteiger partial charge in [0.15, 0.2) is 0 Å². The number of nitrogen functional groups attached to an aromatic ring is 1. The largest absolute Gasteiger partial charge is 0.465 e. The Bertz CT molecular complexity index is 616. The molecular weight excluding hydrogens is 265 g/mol. The van der Waals surface area contributed by atoms with E-state index in [1.807, 2.05) is 0 Å². The first-order valence-electron chi connectivity index (χ1n) is 5.52. The van der Waals surface area contributed by atoms with E-state index in [4.69, 9.17) is 5.73 Å². The Hall–Kier alpha value is -2.01. The topological polar surface area (TPSA) is 52.3 Å². The highest BCUT2D eigenvalue weighted by atomic mass is 32.2. The molecule has 0 amide bonds. The number of carbonyl (C=O) groups excluding carboxylic acids is 1. The molecule has 0 radical (unpaired) electrons. The molecule has 0 atom stereocenters. The molecule has 0 spiro atoms. The Labute approximate surface area is 114 Å². The van der Waals surface area contributed by atoms with Crippen molar-refractivity contribution in [3.8, 4) is 0 Å². The Balaban J connectivity index is 2.34. The molecule has 0 aliphatic carbocycles. The van der Waals surface area contributed by atoms with Crippen molar-refractivity contribution < 1.29 is 13.9 Å². The second-order valence-electron chi connectivity index (χ2n) is 3.78. The molecule has 0 bridgehead atoms. The zero-order valence-corrected chi connectivity index (χ0v) is 11.0. The lowest BCUT2D eigenvalue weighted by Gasteiger charge is -2.08. The average Bonchev–Trinajstić information content (AvgIpc) is 2.42. The maximum absolute atomic E-state index is 13.6. The second-order valence-corrected chi connectivity index (χ2v) is 4.86. The van der Waals surface area contributed by atoms with E-state index < -0.39 is 5.97 Å². The molecule has 0 fully saturated rings. The minimum absolute atomic E-state index is 0.324. The number of halogens is 1. The number of hydrogen-bond donors (Lipinski definition) is 1. The molecule has 0 aromatic heterocycles. The van der Waals surface area contributed by atoms with Gasteiger partial charge in [-0.1, -0.05) is 23.9 Å². The standard InChI is InChI=1S/C14H12FNO2S/c1-18-14(17)9-6-7-11(16)13(8-9)19-12-5-3-2-4-10(12)15/h2-8H,16H2,1H3. The quantitative estimate of drug-likeness (QED) is 0.690. The van der Waals surface area contributed by atoms with Crippen molar-refractivity contribution in [3.05, 3.63) is 53.8 Å². The van der Waals surface area contributed by atoms with E-state index in [-0.39, 0.29) is 5.82 Å². The van der Waals surface area contributed by atoms with Gasteiger partial charge in [0.25, 0.3) is 0 Å². The lowest BCUT2D eigenvalue weighted by atomic mass is 10.2. The molecule has 2 N–H and O–H groups in total. The average molecular weight is 277 g/mol. The van der Waals surface area contributed by atoms with E-state index in [1.165, 1.54) is 24.9 Å². The summed E-state index contributed by atoms with van der Waals surface area (Å²) in [6.45, 7) is 0. The Morgan fingerprint density at radius 2 is 1.95 bits per heavy atom. The van der Waals surface area contributed by atoms with E-state index >= 15 is 0 Å². The van der Waals surface area contributed by atoms with Crippen molar-refractivity contribution in [3.63, 3.8) is 0 Å². The molecule has 98 valence electrons. The summed E-state index contributed by atoms with van der Waals surface area (Å²) < 4.78 is 18.2.